The van der Waals surface area contributed by atoms with Crippen LogP contribution >= 0.6 is 0 Å². The van der Waals surface area contributed by atoms with Gasteiger partial charge in [-0.05, 0) is 31.9 Å². The van der Waals surface area contributed by atoms with Crippen LogP contribution in [0.5, 0.6) is 5.75 Å². The van der Waals surface area contributed by atoms with E-state index < -0.39 is 11.7 Å². The molecule has 0 aliphatic carbocycles. The molecular weight excluding hydrogens is 366 g/mol. The zero-order valence-corrected chi connectivity index (χ0v) is 16.7. The minimum atomic E-state index is -0.657. The molecule has 0 saturated heterocycles. The van der Waals surface area contributed by atoms with E-state index >= 15 is 0 Å². The predicted molar refractivity (Wildman–Crippen MR) is 110 cm³/mol. The fourth-order valence-corrected chi connectivity index (χ4v) is 3.63. The molecular formula is C24H23NO4. The quantitative estimate of drug-likeness (QED) is 0.552. The fourth-order valence-electron chi connectivity index (χ4n) is 3.63. The molecule has 2 aromatic carbocycles. The van der Waals surface area contributed by atoms with Crippen molar-refractivity contribution < 1.29 is 19.1 Å². The predicted octanol–water partition coefficient (Wildman–Crippen LogP) is 5.38. The molecule has 3 aromatic rings. The van der Waals surface area contributed by atoms with Crippen LogP contribution in [0.25, 0.3) is 11.3 Å². The van der Waals surface area contributed by atoms with Crippen molar-refractivity contribution in [3.05, 3.63) is 78.0 Å². The van der Waals surface area contributed by atoms with Gasteiger partial charge in [0.05, 0.1) is 17.8 Å². The molecule has 0 radical (unpaired) electrons. The van der Waals surface area contributed by atoms with Gasteiger partial charge in [-0.1, -0.05) is 60.7 Å². The first-order valence-corrected chi connectivity index (χ1v) is 9.63. The van der Waals surface area contributed by atoms with E-state index in [1.807, 2.05) is 81.4 Å². The highest BCUT2D eigenvalue weighted by atomic mass is 16.6. The molecule has 0 amide bonds. The van der Waals surface area contributed by atoms with Crippen molar-refractivity contribution in [1.82, 2.24) is 4.57 Å². The van der Waals surface area contributed by atoms with E-state index in [4.69, 9.17) is 9.47 Å². The van der Waals surface area contributed by atoms with Crippen LogP contribution in [0.1, 0.15) is 44.4 Å². The van der Waals surface area contributed by atoms with Crippen molar-refractivity contribution in [3.63, 3.8) is 0 Å². The minimum Gasteiger partial charge on any atom is -0.443 e. The molecule has 0 bridgehead atoms. The Hall–Kier alpha value is -3.34. The highest BCUT2D eigenvalue weighted by Gasteiger charge is 2.36. The first-order valence-electron chi connectivity index (χ1n) is 9.63. The lowest BCUT2D eigenvalue weighted by Crippen LogP contribution is -2.30. The summed E-state index contributed by atoms with van der Waals surface area (Å²) < 4.78 is 12.8. The number of ether oxygens (including phenoxy) is 2. The van der Waals surface area contributed by atoms with Crippen molar-refractivity contribution in [3.8, 4) is 17.0 Å². The summed E-state index contributed by atoms with van der Waals surface area (Å²) in [6.45, 7) is 5.49. The molecule has 1 atom stereocenters. The summed E-state index contributed by atoms with van der Waals surface area (Å²) in [6.07, 6.45) is -0.325. The molecule has 0 unspecified atom stereocenters. The topological polar surface area (TPSA) is 57.5 Å². The summed E-state index contributed by atoms with van der Waals surface area (Å²) in [6, 6.07) is 21.0. The summed E-state index contributed by atoms with van der Waals surface area (Å²) >= 11 is 0. The molecule has 0 spiro atoms. The number of benzene rings is 2. The van der Waals surface area contributed by atoms with Gasteiger partial charge in [0.2, 0.25) is 0 Å². The van der Waals surface area contributed by atoms with Crippen molar-refractivity contribution in [2.45, 2.75) is 38.7 Å². The summed E-state index contributed by atoms with van der Waals surface area (Å²) in [7, 11) is 0. The summed E-state index contributed by atoms with van der Waals surface area (Å²) in [5.74, 6) is -0.204. The van der Waals surface area contributed by atoms with Gasteiger partial charge in [0, 0.05) is 12.0 Å². The monoisotopic (exact) mass is 389 g/mol. The molecule has 1 aromatic heterocycles. The number of rotatable bonds is 2. The number of hydrogen-bond donors (Lipinski definition) is 0. The second kappa shape index (κ2) is 7.24. The molecule has 2 heterocycles. The molecule has 4 rings (SSSR count). The van der Waals surface area contributed by atoms with Crippen LogP contribution in [0.4, 0.5) is 4.79 Å². The third-order valence-corrected chi connectivity index (χ3v) is 4.77. The Morgan fingerprint density at radius 1 is 1.03 bits per heavy atom. The first kappa shape index (κ1) is 19.0. The Bertz CT molecular complexity index is 1050. The van der Waals surface area contributed by atoms with E-state index in [9.17, 15) is 9.59 Å². The van der Waals surface area contributed by atoms with E-state index in [0.29, 0.717) is 17.1 Å². The van der Waals surface area contributed by atoms with Crippen LogP contribution in [0.3, 0.4) is 0 Å². The average Bonchev–Trinajstić information content (AvgIpc) is 3.07. The van der Waals surface area contributed by atoms with Crippen LogP contribution < -0.4 is 4.74 Å². The molecule has 5 nitrogen and oxygen atoms in total. The molecule has 29 heavy (non-hydrogen) atoms. The van der Waals surface area contributed by atoms with E-state index in [1.54, 1.807) is 10.6 Å². The number of carbonyl (C=O) groups is 2. The summed E-state index contributed by atoms with van der Waals surface area (Å²) in [4.78, 5) is 25.6. The van der Waals surface area contributed by atoms with Gasteiger partial charge in [-0.15, -0.1) is 0 Å². The molecule has 148 valence electrons. The van der Waals surface area contributed by atoms with Crippen molar-refractivity contribution in [2.24, 2.45) is 0 Å². The number of nitrogens with zero attached hydrogens (tertiary/aromatic N) is 1. The Kier molecular flexibility index (Phi) is 4.74. The van der Waals surface area contributed by atoms with E-state index in [0.717, 1.165) is 11.1 Å². The van der Waals surface area contributed by atoms with Gasteiger partial charge in [-0.2, -0.15) is 0 Å². The van der Waals surface area contributed by atoms with Gasteiger partial charge in [-0.25, -0.2) is 9.36 Å². The van der Waals surface area contributed by atoms with Crippen LogP contribution in [-0.2, 0) is 9.53 Å². The van der Waals surface area contributed by atoms with Crippen LogP contribution in [0.2, 0.25) is 0 Å². The lowest BCUT2D eigenvalue weighted by Gasteiger charge is -2.26. The maximum atomic E-state index is 13.2. The van der Waals surface area contributed by atoms with Crippen molar-refractivity contribution in [1.29, 1.82) is 0 Å². The molecule has 5 heteroatoms. The van der Waals surface area contributed by atoms with Gasteiger partial charge in [-0.3, -0.25) is 4.79 Å². The summed E-state index contributed by atoms with van der Waals surface area (Å²) in [5.41, 5.74) is 2.42. The number of aromatic nitrogens is 1. The van der Waals surface area contributed by atoms with E-state index in [1.165, 1.54) is 0 Å². The van der Waals surface area contributed by atoms with Crippen molar-refractivity contribution in [2.75, 3.05) is 0 Å². The fraction of sp³-hybridized carbons (Fsp3) is 0.250. The number of carbonyl (C=O) groups excluding carboxylic acids is 2. The van der Waals surface area contributed by atoms with Crippen LogP contribution in [0, 0.1) is 0 Å². The van der Waals surface area contributed by atoms with Crippen LogP contribution in [0.15, 0.2) is 66.7 Å². The standard InChI is InChI=1S/C24H23NO4/c1-24(2,3)29-23(27)25-19(17-12-8-5-9-13-17)15-20-22(25)18(14-21(26)28-20)16-10-6-4-7-11-16/h4-13,15,18H,14H2,1-3H3/t18-/m1/s1. The second-order valence-corrected chi connectivity index (χ2v) is 8.10. The normalized spacial score (nSPS) is 16.1. The molecule has 0 N–H and O–H groups in total. The number of fused-ring (bicyclic) bond motifs is 1. The van der Waals surface area contributed by atoms with Gasteiger partial charge in [0.25, 0.3) is 0 Å². The maximum Gasteiger partial charge on any atom is 0.419 e. The average molecular weight is 389 g/mol. The lowest BCUT2D eigenvalue weighted by molar-refractivity contribution is -0.135. The Balaban J connectivity index is 1.94. The smallest absolute Gasteiger partial charge is 0.419 e. The second-order valence-electron chi connectivity index (χ2n) is 8.10. The first-order chi connectivity index (χ1) is 13.8. The third kappa shape index (κ3) is 3.81. The Morgan fingerprint density at radius 2 is 1.66 bits per heavy atom. The molecule has 0 saturated carbocycles. The minimum absolute atomic E-state index is 0.165. The van der Waals surface area contributed by atoms with Crippen molar-refractivity contribution >= 4 is 12.1 Å². The third-order valence-electron chi connectivity index (χ3n) is 4.77. The Labute approximate surface area is 169 Å². The van der Waals surface area contributed by atoms with E-state index in [-0.39, 0.29) is 18.3 Å². The largest absolute Gasteiger partial charge is 0.443 e. The number of esters is 1. The molecule has 0 fully saturated rings. The van der Waals surface area contributed by atoms with E-state index in [2.05, 4.69) is 0 Å². The van der Waals surface area contributed by atoms with Gasteiger partial charge >= 0.3 is 12.1 Å². The highest BCUT2D eigenvalue weighted by Crippen LogP contribution is 2.43. The molecule has 1 aliphatic heterocycles. The number of hydrogen-bond acceptors (Lipinski definition) is 4. The van der Waals surface area contributed by atoms with Gasteiger partial charge in [0.15, 0.2) is 5.75 Å². The Morgan fingerprint density at radius 3 is 2.28 bits per heavy atom. The van der Waals surface area contributed by atoms with Gasteiger partial charge < -0.3 is 9.47 Å². The van der Waals surface area contributed by atoms with Crippen LogP contribution in [-0.4, -0.2) is 22.2 Å². The molecule has 1 aliphatic rings. The highest BCUT2D eigenvalue weighted by molar-refractivity contribution is 5.86. The SMILES string of the molecule is CC(C)(C)OC(=O)n1c(-c2ccccc2)cc2c1[C@@H](c1ccccc1)CC(=O)O2. The zero-order chi connectivity index (χ0) is 20.6. The zero-order valence-electron chi connectivity index (χ0n) is 16.7. The maximum absolute atomic E-state index is 13.2. The lowest BCUT2D eigenvalue weighted by atomic mass is 9.90. The van der Waals surface area contributed by atoms with Gasteiger partial charge in [0.1, 0.15) is 5.60 Å². The summed E-state index contributed by atoms with van der Waals surface area (Å²) in [5, 5.41) is 0.